The maximum atomic E-state index is 10.9. The van der Waals surface area contributed by atoms with Crippen LogP contribution in [0.5, 0.6) is 0 Å². The summed E-state index contributed by atoms with van der Waals surface area (Å²) in [6, 6.07) is 14.6. The van der Waals surface area contributed by atoms with Crippen molar-refractivity contribution in [3.05, 3.63) is 47.2 Å². The Labute approximate surface area is 200 Å². The number of allylic oxidation sites excluding steroid dienone is 1. The largest absolute Gasteiger partial charge is 0.386 e. The molecule has 170 valence electrons. The van der Waals surface area contributed by atoms with Crippen LogP contribution in [0.15, 0.2) is 46.6 Å². The Kier molecular flexibility index (Phi) is 7.53. The molecule has 7 heteroatoms. The van der Waals surface area contributed by atoms with Crippen LogP contribution in [0.25, 0.3) is 0 Å². The number of nitrogens with zero attached hydrogens (tertiary/aromatic N) is 3. The summed E-state index contributed by atoms with van der Waals surface area (Å²) in [6.45, 7) is 8.30. The summed E-state index contributed by atoms with van der Waals surface area (Å²) in [5.74, 6) is 2.00. The molecule has 3 atom stereocenters. The monoisotopic (exact) mass is 467 g/mol. The van der Waals surface area contributed by atoms with Crippen molar-refractivity contribution in [2.24, 2.45) is 21.6 Å². The smallest absolute Gasteiger partial charge is 0.178 e. The van der Waals surface area contributed by atoms with Crippen LogP contribution in [0.1, 0.15) is 65.0 Å². The van der Waals surface area contributed by atoms with Gasteiger partial charge in [-0.05, 0) is 49.3 Å². The highest BCUT2D eigenvalue weighted by Crippen LogP contribution is 2.71. The number of nitriles is 2. The number of unbranched alkanes of at least 4 members (excludes halogenated alkanes) is 2. The quantitative estimate of drug-likeness (QED) is 0.355. The molecule has 3 rings (SSSR count). The predicted molar refractivity (Wildman–Crippen MR) is 136 cm³/mol. The zero-order valence-corrected chi connectivity index (χ0v) is 21.1. The van der Waals surface area contributed by atoms with Crippen LogP contribution in [-0.2, 0) is 0 Å². The molecule has 0 radical (unpaired) electrons. The van der Waals surface area contributed by atoms with E-state index in [-0.39, 0.29) is 5.84 Å². The summed E-state index contributed by atoms with van der Waals surface area (Å²) in [6.07, 6.45) is 4.18. The lowest BCUT2D eigenvalue weighted by molar-refractivity contribution is 0.200. The van der Waals surface area contributed by atoms with Gasteiger partial charge in [0.25, 0.3) is 0 Å². The van der Waals surface area contributed by atoms with Crippen LogP contribution in [0.3, 0.4) is 0 Å². The zero-order valence-electron chi connectivity index (χ0n) is 19.4. The number of rotatable bonds is 9. The van der Waals surface area contributed by atoms with Crippen molar-refractivity contribution in [3.8, 4) is 12.1 Å². The van der Waals surface area contributed by atoms with E-state index in [2.05, 4.69) is 31.3 Å². The maximum Gasteiger partial charge on any atom is 0.178 e. The molecule has 0 spiro atoms. The summed E-state index contributed by atoms with van der Waals surface area (Å²) < 4.78 is -0.855. The minimum atomic E-state index is -1.30. The highest BCUT2D eigenvalue weighted by Gasteiger charge is 2.76. The lowest BCUT2D eigenvalue weighted by Gasteiger charge is -2.52. The first kappa shape index (κ1) is 24.6. The van der Waals surface area contributed by atoms with E-state index in [1.54, 1.807) is 23.5 Å². The van der Waals surface area contributed by atoms with E-state index in [4.69, 9.17) is 10.7 Å². The molecule has 0 amide bonds. The van der Waals surface area contributed by atoms with Crippen molar-refractivity contribution in [3.63, 3.8) is 0 Å². The third-order valence-electron chi connectivity index (χ3n) is 6.72. The second kappa shape index (κ2) is 9.81. The van der Waals surface area contributed by atoms with Crippen molar-refractivity contribution in [2.45, 2.75) is 63.6 Å². The van der Waals surface area contributed by atoms with Gasteiger partial charge >= 0.3 is 0 Å². The number of thioether (sulfide) groups is 2. The van der Waals surface area contributed by atoms with Crippen LogP contribution in [-0.4, -0.2) is 21.5 Å². The van der Waals surface area contributed by atoms with Gasteiger partial charge in [-0.2, -0.15) is 10.5 Å². The predicted octanol–water partition coefficient (Wildman–Crippen LogP) is 5.74. The number of nitrogens with two attached hydrogens (primary N) is 1. The number of amidine groups is 1. The molecule has 2 heterocycles. The van der Waals surface area contributed by atoms with Crippen molar-refractivity contribution < 1.29 is 0 Å². The van der Waals surface area contributed by atoms with E-state index in [0.717, 1.165) is 54.0 Å². The number of hydrogen-bond acceptors (Lipinski definition) is 7. The Morgan fingerprint density at radius 3 is 2.12 bits per heavy atom. The third kappa shape index (κ3) is 3.42. The Morgan fingerprint density at radius 2 is 1.62 bits per heavy atom. The molecule has 5 nitrogen and oxygen atoms in total. The SMILES string of the molecule is CCCCSC1(SCCCC)N=C(N)[C@]2(C#N)[C@H](c3ccccc3)NC(C)=C(C)[C@]12C#N. The molecule has 3 N–H and O–H groups in total. The number of benzene rings is 1. The molecule has 0 fully saturated rings. The molecule has 0 bridgehead atoms. The van der Waals surface area contributed by atoms with Gasteiger partial charge in [0.15, 0.2) is 15.0 Å². The number of aliphatic imine (C=N–C) groups is 1. The molecule has 2 aliphatic rings. The van der Waals surface area contributed by atoms with E-state index in [9.17, 15) is 10.5 Å². The highest BCUT2D eigenvalue weighted by molar-refractivity contribution is 8.18. The third-order valence-corrected chi connectivity index (χ3v) is 9.99. The van der Waals surface area contributed by atoms with Gasteiger partial charge in [-0.25, -0.2) is 4.99 Å². The molecule has 0 unspecified atom stereocenters. The van der Waals surface area contributed by atoms with Crippen LogP contribution < -0.4 is 11.1 Å². The van der Waals surface area contributed by atoms with E-state index >= 15 is 0 Å². The average molecular weight is 468 g/mol. The minimum absolute atomic E-state index is 0.266. The highest BCUT2D eigenvalue weighted by atomic mass is 32.2. The van der Waals surface area contributed by atoms with Crippen molar-refractivity contribution >= 4 is 29.4 Å². The van der Waals surface area contributed by atoms with Gasteiger partial charge in [-0.15, -0.1) is 23.5 Å². The first-order valence-electron chi connectivity index (χ1n) is 11.4. The van der Waals surface area contributed by atoms with Crippen LogP contribution in [0.2, 0.25) is 0 Å². The van der Waals surface area contributed by atoms with Crippen LogP contribution >= 0.6 is 23.5 Å². The van der Waals surface area contributed by atoms with Crippen molar-refractivity contribution in [1.82, 2.24) is 5.32 Å². The lowest BCUT2D eigenvalue weighted by Crippen LogP contribution is -2.61. The van der Waals surface area contributed by atoms with Gasteiger partial charge < -0.3 is 11.1 Å². The van der Waals surface area contributed by atoms with E-state index in [1.165, 1.54) is 0 Å². The van der Waals surface area contributed by atoms with Crippen LogP contribution in [0.4, 0.5) is 0 Å². The molecular weight excluding hydrogens is 434 g/mol. The fourth-order valence-electron chi connectivity index (χ4n) is 4.84. The van der Waals surface area contributed by atoms with Crippen molar-refractivity contribution in [2.75, 3.05) is 11.5 Å². The lowest BCUT2D eigenvalue weighted by atomic mass is 9.55. The number of nitrogens with one attached hydrogen (secondary N) is 1. The number of hydrogen-bond donors (Lipinski definition) is 2. The Hall–Kier alpha value is -2.09. The summed E-state index contributed by atoms with van der Waals surface area (Å²) in [5, 5.41) is 25.3. The molecule has 0 saturated heterocycles. The fraction of sp³-hybridized carbons (Fsp3) is 0.560. The molecule has 1 aromatic carbocycles. The molecule has 0 saturated carbocycles. The fourth-order valence-corrected chi connectivity index (χ4v) is 8.57. The average Bonchev–Trinajstić information content (AvgIpc) is 3.03. The van der Waals surface area contributed by atoms with E-state index in [0.29, 0.717) is 0 Å². The second-order valence-electron chi connectivity index (χ2n) is 8.50. The topological polar surface area (TPSA) is 98.0 Å². The van der Waals surface area contributed by atoms with Gasteiger partial charge in [-0.1, -0.05) is 57.0 Å². The Balaban J connectivity index is 2.30. The molecule has 0 aliphatic carbocycles. The van der Waals surface area contributed by atoms with Gasteiger partial charge in [0.05, 0.1) is 18.2 Å². The standard InChI is InChI=1S/C25H33N5S2/c1-5-7-14-31-25(32-15-8-6-2)24(17-27)18(3)19(4)29-21(20-12-10-9-11-13-20)23(24,16-26)22(28)30-25/h9-13,21,29H,5-8,14-15H2,1-4H3,(H2,28,30)/t21-,23-,24-/m0/s1. The van der Waals surface area contributed by atoms with Gasteiger partial charge in [0.1, 0.15) is 5.84 Å². The zero-order chi connectivity index (χ0) is 23.4. The minimum Gasteiger partial charge on any atom is -0.386 e. The van der Waals surface area contributed by atoms with Gasteiger partial charge in [0.2, 0.25) is 0 Å². The summed E-state index contributed by atoms with van der Waals surface area (Å²) in [7, 11) is 0. The summed E-state index contributed by atoms with van der Waals surface area (Å²) >= 11 is 3.39. The Morgan fingerprint density at radius 1 is 1.03 bits per heavy atom. The van der Waals surface area contributed by atoms with Gasteiger partial charge in [0, 0.05) is 5.70 Å². The normalized spacial score (nSPS) is 28.3. The summed E-state index contributed by atoms with van der Waals surface area (Å²) in [5.41, 5.74) is 6.95. The van der Waals surface area contributed by atoms with Gasteiger partial charge in [-0.3, -0.25) is 0 Å². The summed E-state index contributed by atoms with van der Waals surface area (Å²) in [4.78, 5) is 5.06. The van der Waals surface area contributed by atoms with Crippen LogP contribution in [0, 0.1) is 33.5 Å². The first-order chi connectivity index (χ1) is 15.4. The second-order valence-corrected chi connectivity index (χ2v) is 11.3. The molecule has 0 aromatic heterocycles. The molecule has 32 heavy (non-hydrogen) atoms. The molecular formula is C25H33N5S2. The van der Waals surface area contributed by atoms with Crippen molar-refractivity contribution in [1.29, 1.82) is 10.5 Å². The number of fused-ring (bicyclic) bond motifs is 1. The Bertz CT molecular complexity index is 964. The molecule has 1 aromatic rings. The first-order valence-corrected chi connectivity index (χ1v) is 13.3. The van der Waals surface area contributed by atoms with E-state index in [1.807, 2.05) is 44.2 Å². The maximum absolute atomic E-state index is 10.9. The molecule has 2 aliphatic heterocycles. The van der Waals surface area contributed by atoms with E-state index < -0.39 is 21.1 Å².